The predicted molar refractivity (Wildman–Crippen MR) is 130 cm³/mol. The molecule has 2 heterocycles. The van der Waals surface area contributed by atoms with Crippen molar-refractivity contribution in [2.24, 2.45) is 0 Å². The maximum absolute atomic E-state index is 11.5. The van der Waals surface area contributed by atoms with Gasteiger partial charge in [-0.15, -0.1) is 0 Å². The molecule has 1 atom stereocenters. The van der Waals surface area contributed by atoms with E-state index in [2.05, 4.69) is 22.5 Å². The van der Waals surface area contributed by atoms with E-state index in [9.17, 15) is 19.5 Å². The number of phenols is 1. The molecule has 176 valence electrons. The summed E-state index contributed by atoms with van der Waals surface area (Å²) < 4.78 is 5.05. The molecule has 8 nitrogen and oxygen atoms in total. The second-order valence-electron chi connectivity index (χ2n) is 7.94. The Bertz CT molecular complexity index is 1360. The van der Waals surface area contributed by atoms with E-state index in [-0.39, 0.29) is 11.7 Å². The number of fused-ring (bicyclic) bond motifs is 1. The van der Waals surface area contributed by atoms with E-state index < -0.39 is 18.0 Å². The van der Waals surface area contributed by atoms with Gasteiger partial charge in [-0.3, -0.25) is 14.9 Å². The maximum atomic E-state index is 11.5. The van der Waals surface area contributed by atoms with Gasteiger partial charge in [0.1, 0.15) is 11.5 Å². The molecule has 2 aliphatic heterocycles. The number of ether oxygens (including phenoxy) is 1. The molecule has 3 N–H and O–H groups in total. The zero-order chi connectivity index (χ0) is 24.9. The molecule has 1 saturated heterocycles. The van der Waals surface area contributed by atoms with E-state index in [1.807, 2.05) is 36.4 Å². The number of hydrogen-bond acceptors (Lipinski definition) is 5. The van der Waals surface area contributed by atoms with Gasteiger partial charge in [0.25, 0.3) is 11.8 Å². The molecule has 3 aromatic carbocycles. The van der Waals surface area contributed by atoms with Gasteiger partial charge in [-0.1, -0.05) is 48.2 Å². The number of imide groups is 1. The summed E-state index contributed by atoms with van der Waals surface area (Å²) in [4.78, 5) is 35.6. The highest BCUT2D eigenvalue weighted by molar-refractivity contribution is 6.05. The Morgan fingerprint density at radius 2 is 1.74 bits per heavy atom. The lowest BCUT2D eigenvalue weighted by atomic mass is 10.0. The lowest BCUT2D eigenvalue weighted by Gasteiger charge is -2.04. The first-order chi connectivity index (χ1) is 16.9. The number of methoxy groups -OCH3 is 1. The largest absolute Gasteiger partial charge is 0.507 e. The van der Waals surface area contributed by atoms with Crippen LogP contribution in [0.25, 0.3) is 11.1 Å². The van der Waals surface area contributed by atoms with Crippen LogP contribution in [0.3, 0.4) is 0 Å². The fraction of sp³-hybridized carbons (Fsp3) is 0.148. The number of carbonyl (C=O) groups is 3. The van der Waals surface area contributed by atoms with E-state index in [1.54, 1.807) is 49.4 Å². The molecule has 1 unspecified atom stereocenters. The van der Waals surface area contributed by atoms with E-state index in [1.165, 1.54) is 0 Å². The highest BCUT2D eigenvalue weighted by Crippen LogP contribution is 2.28. The summed E-state index contributed by atoms with van der Waals surface area (Å²) in [7, 11) is 3.40. The van der Waals surface area contributed by atoms with Crippen molar-refractivity contribution in [1.82, 2.24) is 15.5 Å². The van der Waals surface area contributed by atoms with Gasteiger partial charge in [0.15, 0.2) is 6.04 Å². The maximum Gasteiger partial charge on any atom is 0.322 e. The van der Waals surface area contributed by atoms with Crippen LogP contribution in [0.15, 0.2) is 66.7 Å². The van der Waals surface area contributed by atoms with Crippen LogP contribution in [0.1, 0.15) is 21.5 Å². The number of para-hydroxylation sites is 1. The lowest BCUT2D eigenvalue weighted by Crippen LogP contribution is -2.26. The highest BCUT2D eigenvalue weighted by atomic mass is 16.5. The molecule has 0 bridgehead atoms. The summed E-state index contributed by atoms with van der Waals surface area (Å²) >= 11 is 0. The minimum Gasteiger partial charge on any atom is -0.507 e. The minimum atomic E-state index is -0.814. The topological polar surface area (TPSA) is 108 Å². The number of amides is 4. The molecule has 5 rings (SSSR count). The number of benzene rings is 3. The van der Waals surface area contributed by atoms with Crippen LogP contribution in [0, 0.1) is 11.8 Å². The van der Waals surface area contributed by atoms with Crippen molar-refractivity contribution in [2.75, 3.05) is 14.2 Å². The van der Waals surface area contributed by atoms with Crippen molar-refractivity contribution < 1.29 is 24.2 Å². The zero-order valence-electron chi connectivity index (χ0n) is 19.2. The smallest absolute Gasteiger partial charge is 0.322 e. The first-order valence-corrected chi connectivity index (χ1v) is 10.8. The number of nitrogens with zero attached hydrogens (tertiary/aromatic N) is 1. The number of phenolic OH excluding ortho intramolecular Hbond substituents is 1. The molecule has 3 aromatic rings. The Morgan fingerprint density at radius 3 is 2.40 bits per heavy atom. The molecule has 35 heavy (non-hydrogen) atoms. The third-order valence-electron chi connectivity index (χ3n) is 5.54. The molecule has 2 aliphatic rings. The molecule has 0 aliphatic carbocycles. The molecule has 0 aromatic heterocycles. The van der Waals surface area contributed by atoms with Crippen molar-refractivity contribution in [3.05, 3.63) is 83.4 Å². The first-order valence-electron chi connectivity index (χ1n) is 10.8. The minimum absolute atomic E-state index is 0.0777. The molecule has 8 heteroatoms. The summed E-state index contributed by atoms with van der Waals surface area (Å²) in [5.41, 5.74) is 4.17. The summed E-state index contributed by atoms with van der Waals surface area (Å²) in [6.45, 7) is 0.707. The fourth-order valence-corrected chi connectivity index (χ4v) is 3.68. The summed E-state index contributed by atoms with van der Waals surface area (Å²) in [5.74, 6) is 6.14. The van der Waals surface area contributed by atoms with Crippen molar-refractivity contribution in [3.8, 4) is 34.5 Å². The quantitative estimate of drug-likeness (QED) is 0.395. The van der Waals surface area contributed by atoms with E-state index in [0.29, 0.717) is 12.1 Å². The molecule has 0 spiro atoms. The van der Waals surface area contributed by atoms with Crippen LogP contribution in [0.4, 0.5) is 4.79 Å². The average molecular weight is 469 g/mol. The Kier molecular flexibility index (Phi) is 6.69. The second kappa shape index (κ2) is 10.0. The van der Waals surface area contributed by atoms with Crippen molar-refractivity contribution in [1.29, 1.82) is 0 Å². The number of urea groups is 1. The van der Waals surface area contributed by atoms with Gasteiger partial charge < -0.3 is 20.1 Å². The average Bonchev–Trinajstić information content (AvgIpc) is 3.34. The molecule has 0 radical (unpaired) electrons. The number of rotatable bonds is 2. The second-order valence-corrected chi connectivity index (χ2v) is 7.94. The normalized spacial score (nSPS) is 15.8. The van der Waals surface area contributed by atoms with Gasteiger partial charge >= 0.3 is 6.03 Å². The molecular formula is C27H23N3O5. The SMILES string of the molecule is COc1ccc2c(c1)C(=O)N(C)C2.O=C1NC(=O)C(C#Cc2ccc(-c3ccccc3O)cc2)N1. The fourth-order valence-electron chi connectivity index (χ4n) is 3.68. The van der Waals surface area contributed by atoms with Gasteiger partial charge in [0.05, 0.1) is 7.11 Å². The van der Waals surface area contributed by atoms with Crippen LogP contribution in [-0.2, 0) is 11.3 Å². The Balaban J connectivity index is 0.000000189. The molecule has 0 saturated carbocycles. The van der Waals surface area contributed by atoms with Gasteiger partial charge in [0.2, 0.25) is 0 Å². The van der Waals surface area contributed by atoms with Crippen molar-refractivity contribution in [3.63, 3.8) is 0 Å². The summed E-state index contributed by atoms with van der Waals surface area (Å²) in [5, 5.41) is 14.4. The standard InChI is InChI=1S/C17H12N2O3.C10H11NO2/c20-15-4-2-1-3-13(15)12-8-5-11(6-9-12)7-10-14-16(21)19-17(22)18-14;1-11-6-7-3-4-8(13-2)5-9(7)10(11)12/h1-6,8-9,14,20H,(H2,18,19,21,22);3-5H,6H2,1-2H3. The Labute approximate surface area is 202 Å². The van der Waals surface area contributed by atoms with Crippen molar-refractivity contribution in [2.45, 2.75) is 12.6 Å². The predicted octanol–water partition coefficient (Wildman–Crippen LogP) is 2.90. The van der Waals surface area contributed by atoms with E-state index in [0.717, 1.165) is 28.0 Å². The first kappa shape index (κ1) is 23.4. The molecule has 4 amide bonds. The van der Waals surface area contributed by atoms with Crippen LogP contribution in [0.5, 0.6) is 11.5 Å². The van der Waals surface area contributed by atoms with Crippen LogP contribution < -0.4 is 15.4 Å². The van der Waals surface area contributed by atoms with Crippen LogP contribution in [-0.4, -0.2) is 48.1 Å². The van der Waals surface area contributed by atoms with Crippen LogP contribution in [0.2, 0.25) is 0 Å². The third-order valence-corrected chi connectivity index (χ3v) is 5.54. The van der Waals surface area contributed by atoms with Crippen molar-refractivity contribution >= 4 is 17.8 Å². The van der Waals surface area contributed by atoms with E-state index >= 15 is 0 Å². The summed E-state index contributed by atoms with van der Waals surface area (Å²) in [6.07, 6.45) is 0. The van der Waals surface area contributed by atoms with Gasteiger partial charge in [-0.25, -0.2) is 4.79 Å². The molecule has 1 fully saturated rings. The molecular weight excluding hydrogens is 446 g/mol. The Morgan fingerprint density at radius 1 is 1.00 bits per heavy atom. The van der Waals surface area contributed by atoms with Gasteiger partial charge in [0, 0.05) is 30.3 Å². The number of hydrogen-bond donors (Lipinski definition) is 3. The Hall–Kier alpha value is -4.77. The van der Waals surface area contributed by atoms with Crippen LogP contribution >= 0.6 is 0 Å². The van der Waals surface area contributed by atoms with Gasteiger partial charge in [-0.2, -0.15) is 0 Å². The van der Waals surface area contributed by atoms with Gasteiger partial charge in [-0.05, 0) is 41.5 Å². The number of nitrogens with one attached hydrogen (secondary N) is 2. The monoisotopic (exact) mass is 469 g/mol. The lowest BCUT2D eigenvalue weighted by molar-refractivity contribution is -0.119. The number of aromatic hydroxyl groups is 1. The number of carbonyl (C=O) groups excluding carboxylic acids is 3. The third kappa shape index (κ3) is 5.25. The summed E-state index contributed by atoms with van der Waals surface area (Å²) in [6, 6.07) is 18.6. The highest BCUT2D eigenvalue weighted by Gasteiger charge is 2.27. The zero-order valence-corrected chi connectivity index (χ0v) is 19.2. The van der Waals surface area contributed by atoms with E-state index in [4.69, 9.17) is 4.74 Å².